The molecule has 6 heteroatoms. The van der Waals surface area contributed by atoms with E-state index in [4.69, 9.17) is 9.98 Å². The molecule has 1 aromatic heterocycles. The van der Waals surface area contributed by atoms with Gasteiger partial charge in [0.1, 0.15) is 5.82 Å². The van der Waals surface area contributed by atoms with Gasteiger partial charge in [0.15, 0.2) is 0 Å². The number of rotatable bonds is 4. The number of aromatic nitrogens is 3. The number of anilines is 2. The number of hydrogen-bond donors (Lipinski definition) is 1. The van der Waals surface area contributed by atoms with Gasteiger partial charge in [0.05, 0.1) is 51.4 Å². The quantitative estimate of drug-likeness (QED) is 0.364. The minimum Gasteiger partial charge on any atom is -0.352 e. The van der Waals surface area contributed by atoms with Gasteiger partial charge in [0, 0.05) is 11.9 Å². The van der Waals surface area contributed by atoms with Crippen molar-refractivity contribution in [3.63, 3.8) is 0 Å². The molecule has 1 saturated carbocycles. The largest absolute Gasteiger partial charge is 0.352 e. The number of pyridine rings is 1. The van der Waals surface area contributed by atoms with E-state index in [0.717, 1.165) is 63.2 Å². The molecule has 2 aromatic carbocycles. The number of halogens is 1. The fourth-order valence-electron chi connectivity index (χ4n) is 4.10. The fraction of sp³-hybridized carbons (Fsp3) is 0.148. The number of fused-ring (bicyclic) bond motifs is 2. The molecule has 1 fully saturated rings. The van der Waals surface area contributed by atoms with Crippen LogP contribution in [0.25, 0.3) is 28.1 Å². The van der Waals surface area contributed by atoms with Crippen molar-refractivity contribution >= 4 is 22.4 Å². The Kier molecular flexibility index (Phi) is 4.64. The Balaban J connectivity index is 1.63. The van der Waals surface area contributed by atoms with E-state index < -0.39 is 0 Å². The molecule has 2 aliphatic carbocycles. The van der Waals surface area contributed by atoms with E-state index in [2.05, 4.69) is 27.0 Å². The Labute approximate surface area is 190 Å². The van der Waals surface area contributed by atoms with E-state index in [0.29, 0.717) is 6.04 Å². The van der Waals surface area contributed by atoms with E-state index in [-0.39, 0.29) is 5.82 Å². The van der Waals surface area contributed by atoms with Crippen LogP contribution in [0.1, 0.15) is 18.4 Å². The van der Waals surface area contributed by atoms with Crippen molar-refractivity contribution in [2.45, 2.75) is 25.8 Å². The molecule has 1 N–H and O–H groups in total. The summed E-state index contributed by atoms with van der Waals surface area (Å²) in [6.45, 7) is 2.02. The van der Waals surface area contributed by atoms with Gasteiger partial charge in [-0.05, 0) is 79.9 Å². The van der Waals surface area contributed by atoms with Gasteiger partial charge < -0.3 is 9.88 Å². The zero-order valence-electron chi connectivity index (χ0n) is 18.2. The lowest BCUT2D eigenvalue weighted by Crippen LogP contribution is -2.15. The van der Waals surface area contributed by atoms with Crippen LogP contribution in [0.2, 0.25) is 0 Å². The normalized spacial score (nSPS) is 14.2. The first-order chi connectivity index (χ1) is 16.1. The van der Waals surface area contributed by atoms with Crippen LogP contribution in [-0.2, 0) is 0 Å². The topological polar surface area (TPSA) is 55.1 Å². The third kappa shape index (κ3) is 3.84. The van der Waals surface area contributed by atoms with E-state index in [1.54, 1.807) is 12.1 Å². The molecule has 0 spiro atoms. The van der Waals surface area contributed by atoms with E-state index in [1.807, 2.05) is 49.6 Å². The lowest BCUT2D eigenvalue weighted by atomic mass is 10.1. The standard InChI is InChI=1S/C27H22FN5/c1-17-12-20(16-29-15-17)31-23-13-25-27(14-24(23)30-19-8-9-19)33(21-10-6-18(28)7-11-21)26-5-3-2-4-22(26)32-25/h2-7,10-16,19,31H,8-9H2,1H3/b30-24+. The van der Waals surface area contributed by atoms with Crippen LogP contribution in [0, 0.1) is 12.7 Å². The van der Waals surface area contributed by atoms with Gasteiger partial charge in [0.2, 0.25) is 0 Å². The molecule has 0 radical (unpaired) electrons. The van der Waals surface area contributed by atoms with Crippen molar-refractivity contribution in [2.24, 2.45) is 4.99 Å². The summed E-state index contributed by atoms with van der Waals surface area (Å²) in [6.07, 6.45) is 5.86. The van der Waals surface area contributed by atoms with Crippen LogP contribution in [-0.4, -0.2) is 20.6 Å². The van der Waals surface area contributed by atoms with E-state index >= 15 is 0 Å². The molecule has 0 unspecified atom stereocenters. The minimum absolute atomic E-state index is 0.260. The molecule has 3 aliphatic rings. The van der Waals surface area contributed by atoms with Gasteiger partial charge in [-0.1, -0.05) is 12.1 Å². The van der Waals surface area contributed by atoms with E-state index in [9.17, 15) is 4.39 Å². The summed E-state index contributed by atoms with van der Waals surface area (Å²) in [5, 5.41) is 4.39. The third-order valence-corrected chi connectivity index (χ3v) is 5.80. The van der Waals surface area contributed by atoms with Gasteiger partial charge in [-0.25, -0.2) is 9.37 Å². The minimum atomic E-state index is -0.260. The average molecular weight is 436 g/mol. The predicted octanol–water partition coefficient (Wildman–Crippen LogP) is 5.78. The highest BCUT2D eigenvalue weighted by Gasteiger charge is 2.22. The second-order valence-electron chi connectivity index (χ2n) is 8.51. The summed E-state index contributed by atoms with van der Waals surface area (Å²) < 4.78 is 15.8. The highest BCUT2D eigenvalue weighted by atomic mass is 19.1. The Bertz CT molecular complexity index is 1520. The Hall–Kier alpha value is -4.06. The summed E-state index contributed by atoms with van der Waals surface area (Å²) in [5.41, 5.74) is 7.34. The molecule has 6 rings (SSSR count). The summed E-state index contributed by atoms with van der Waals surface area (Å²) in [5.74, 6) is -0.260. The molecule has 0 amide bonds. The molecule has 0 saturated heterocycles. The van der Waals surface area contributed by atoms with Crippen molar-refractivity contribution in [3.05, 3.63) is 95.9 Å². The average Bonchev–Trinajstić information content (AvgIpc) is 3.63. The smallest absolute Gasteiger partial charge is 0.123 e. The molecule has 2 heterocycles. The maximum atomic E-state index is 13.7. The number of aryl methyl sites for hydroxylation is 1. The zero-order valence-corrected chi connectivity index (χ0v) is 18.2. The molecule has 1 aliphatic heterocycles. The van der Waals surface area contributed by atoms with Crippen LogP contribution >= 0.6 is 0 Å². The third-order valence-electron chi connectivity index (χ3n) is 5.80. The first-order valence-corrected chi connectivity index (χ1v) is 11.1. The summed E-state index contributed by atoms with van der Waals surface area (Å²) in [6, 6.07) is 21.1. The maximum absolute atomic E-state index is 13.7. The predicted molar refractivity (Wildman–Crippen MR) is 128 cm³/mol. The van der Waals surface area contributed by atoms with Gasteiger partial charge in [-0.2, -0.15) is 0 Å². The molecular formula is C27H22FN5. The molecule has 3 aromatic rings. The van der Waals surface area contributed by atoms with Gasteiger partial charge in [-0.15, -0.1) is 0 Å². The zero-order chi connectivity index (χ0) is 22.4. The summed E-state index contributed by atoms with van der Waals surface area (Å²) in [4.78, 5) is 14.2. The maximum Gasteiger partial charge on any atom is 0.123 e. The first-order valence-electron chi connectivity index (χ1n) is 11.1. The monoisotopic (exact) mass is 435 g/mol. The summed E-state index contributed by atoms with van der Waals surface area (Å²) >= 11 is 0. The number of nitrogens with zero attached hydrogens (tertiary/aromatic N) is 4. The molecular weight excluding hydrogens is 413 g/mol. The SMILES string of the molecule is Cc1cncc(Nc2cc3nc4ccccc4n(-c4ccc(F)cc4)c-3c/c2=N\C2CC2)c1. The Morgan fingerprint density at radius 2 is 1.82 bits per heavy atom. The van der Waals surface area contributed by atoms with Crippen molar-refractivity contribution in [1.82, 2.24) is 14.5 Å². The van der Waals surface area contributed by atoms with Crippen LogP contribution in [0.15, 0.2) is 84.1 Å². The molecule has 0 bridgehead atoms. The summed E-state index contributed by atoms with van der Waals surface area (Å²) in [7, 11) is 0. The highest BCUT2D eigenvalue weighted by Crippen LogP contribution is 2.31. The van der Waals surface area contributed by atoms with Crippen molar-refractivity contribution < 1.29 is 4.39 Å². The molecule has 5 nitrogen and oxygen atoms in total. The molecule has 33 heavy (non-hydrogen) atoms. The first kappa shape index (κ1) is 19.6. The number of nitrogens with one attached hydrogen (secondary N) is 1. The van der Waals surface area contributed by atoms with E-state index in [1.165, 1.54) is 12.1 Å². The van der Waals surface area contributed by atoms with Crippen LogP contribution < -0.4 is 10.7 Å². The van der Waals surface area contributed by atoms with Crippen LogP contribution in [0.3, 0.4) is 0 Å². The molecule has 162 valence electrons. The fourth-order valence-corrected chi connectivity index (χ4v) is 4.10. The van der Waals surface area contributed by atoms with Crippen LogP contribution in [0.4, 0.5) is 15.8 Å². The van der Waals surface area contributed by atoms with Crippen molar-refractivity contribution in [3.8, 4) is 17.1 Å². The second-order valence-corrected chi connectivity index (χ2v) is 8.51. The lowest BCUT2D eigenvalue weighted by Gasteiger charge is -2.20. The van der Waals surface area contributed by atoms with Gasteiger partial charge in [-0.3, -0.25) is 9.98 Å². The number of para-hydroxylation sites is 2. The van der Waals surface area contributed by atoms with Crippen LogP contribution in [0.5, 0.6) is 0 Å². The van der Waals surface area contributed by atoms with Gasteiger partial charge >= 0.3 is 0 Å². The van der Waals surface area contributed by atoms with Gasteiger partial charge in [0.25, 0.3) is 0 Å². The number of hydrogen-bond acceptors (Lipinski definition) is 4. The Morgan fingerprint density at radius 3 is 2.61 bits per heavy atom. The van der Waals surface area contributed by atoms with Crippen molar-refractivity contribution in [2.75, 3.05) is 5.32 Å². The number of benzene rings is 3. The Morgan fingerprint density at radius 1 is 1.00 bits per heavy atom. The molecule has 0 atom stereocenters. The lowest BCUT2D eigenvalue weighted by molar-refractivity contribution is 0.627. The highest BCUT2D eigenvalue weighted by molar-refractivity contribution is 5.84. The van der Waals surface area contributed by atoms with Crippen molar-refractivity contribution in [1.29, 1.82) is 0 Å². The second kappa shape index (κ2) is 7.81.